The van der Waals surface area contributed by atoms with Gasteiger partial charge in [-0.2, -0.15) is 0 Å². The Morgan fingerprint density at radius 3 is 2.41 bits per heavy atom. The van der Waals surface area contributed by atoms with E-state index in [1.165, 1.54) is 0 Å². The van der Waals surface area contributed by atoms with Crippen molar-refractivity contribution in [3.8, 4) is 0 Å². The minimum atomic E-state index is -3.64. The summed E-state index contributed by atoms with van der Waals surface area (Å²) in [6.07, 6.45) is 0.257. The zero-order chi connectivity index (χ0) is 25.3. The lowest BCUT2D eigenvalue weighted by atomic mass is 9.99. The van der Waals surface area contributed by atoms with Gasteiger partial charge >= 0.3 is 5.97 Å². The maximum Gasteiger partial charge on any atom is 0.313 e. The van der Waals surface area contributed by atoms with Gasteiger partial charge in [0.15, 0.2) is 23.6 Å². The van der Waals surface area contributed by atoms with Crippen LogP contribution in [-0.2, 0) is 29.1 Å². The second-order valence-corrected chi connectivity index (χ2v) is 8.88. The smallest absolute Gasteiger partial charge is 0.313 e. The van der Waals surface area contributed by atoms with Crippen LogP contribution in [0.3, 0.4) is 0 Å². The molecule has 1 heterocycles. The molecule has 1 amide bonds. The van der Waals surface area contributed by atoms with Gasteiger partial charge in [-0.05, 0) is 18.6 Å². The molecule has 0 aliphatic carbocycles. The molecule has 0 bridgehead atoms. The lowest BCUT2D eigenvalue weighted by Crippen LogP contribution is -2.30. The lowest BCUT2D eigenvalue weighted by Gasteiger charge is -2.06. The zero-order valence-corrected chi connectivity index (χ0v) is 19.3. The summed E-state index contributed by atoms with van der Waals surface area (Å²) in [7, 11) is -3.64. The van der Waals surface area contributed by atoms with Crippen molar-refractivity contribution >= 4 is 39.8 Å². The molecule has 0 radical (unpaired) electrons. The van der Waals surface area contributed by atoms with Gasteiger partial charge in [0.05, 0.1) is 31.5 Å². The van der Waals surface area contributed by atoms with E-state index < -0.39 is 39.9 Å². The summed E-state index contributed by atoms with van der Waals surface area (Å²) < 4.78 is 38.6. The van der Waals surface area contributed by atoms with Crippen molar-refractivity contribution in [3.05, 3.63) is 58.5 Å². The van der Waals surface area contributed by atoms with E-state index in [9.17, 15) is 32.4 Å². The number of rotatable bonds is 13. The van der Waals surface area contributed by atoms with Crippen molar-refractivity contribution < 1.29 is 46.3 Å². The Hall–Kier alpha value is -3.64. The molecule has 1 aromatic carbocycles. The number of ether oxygens (including phenoxy) is 2. The van der Waals surface area contributed by atoms with Crippen LogP contribution in [0.5, 0.6) is 0 Å². The molecule has 12 heteroatoms. The highest BCUT2D eigenvalue weighted by atomic mass is 32.2. The third-order valence-corrected chi connectivity index (χ3v) is 4.94. The summed E-state index contributed by atoms with van der Waals surface area (Å²) in [4.78, 5) is 59.6. The number of nitrogens with one attached hydrogen (secondary N) is 1. The molecule has 0 saturated carbocycles. The lowest BCUT2D eigenvalue weighted by molar-refractivity contribution is -0.144. The van der Waals surface area contributed by atoms with Gasteiger partial charge in [-0.3, -0.25) is 28.7 Å². The van der Waals surface area contributed by atoms with Gasteiger partial charge in [0.2, 0.25) is 21.7 Å². The molecule has 0 spiro atoms. The molecule has 0 aliphatic rings. The average Bonchev–Trinajstić information content (AvgIpc) is 3.19. The van der Waals surface area contributed by atoms with Crippen molar-refractivity contribution in [2.24, 2.45) is 0 Å². The van der Waals surface area contributed by atoms with Crippen LogP contribution in [0.25, 0.3) is 0 Å². The second-order valence-electron chi connectivity index (χ2n) is 7.13. The summed E-state index contributed by atoms with van der Waals surface area (Å²) in [5.41, 5.74) is 0.938. The summed E-state index contributed by atoms with van der Waals surface area (Å²) in [5.74, 6) is -3.55. The third-order valence-electron chi connectivity index (χ3n) is 4.35. The van der Waals surface area contributed by atoms with Crippen molar-refractivity contribution in [1.82, 2.24) is 4.72 Å². The topological polar surface area (TPSA) is 163 Å². The van der Waals surface area contributed by atoms with Crippen molar-refractivity contribution in [1.29, 1.82) is 0 Å². The summed E-state index contributed by atoms with van der Waals surface area (Å²) in [6, 6.07) is 7.85. The van der Waals surface area contributed by atoms with Crippen LogP contribution in [0, 0.1) is 6.92 Å². The molecular formula is C22H23NO10S. The van der Waals surface area contributed by atoms with Gasteiger partial charge in [0.1, 0.15) is 13.0 Å². The molecule has 2 aromatic rings. The molecule has 0 atom stereocenters. The number of hydrogen-bond acceptors (Lipinski definition) is 10. The fourth-order valence-corrected chi connectivity index (χ4v) is 3.30. The van der Waals surface area contributed by atoms with Gasteiger partial charge in [-0.25, -0.2) is 8.42 Å². The summed E-state index contributed by atoms with van der Waals surface area (Å²) >= 11 is 0. The number of carbonyl (C=O) groups is 5. The fraction of sp³-hybridized carbons (Fsp3) is 0.318. The van der Waals surface area contributed by atoms with E-state index in [1.807, 2.05) is 0 Å². The molecule has 0 unspecified atom stereocenters. The van der Waals surface area contributed by atoms with Crippen LogP contribution in [0.1, 0.15) is 55.4 Å². The normalized spacial score (nSPS) is 11.0. The Morgan fingerprint density at radius 2 is 1.76 bits per heavy atom. The first kappa shape index (κ1) is 26.6. The van der Waals surface area contributed by atoms with Crippen molar-refractivity contribution in [2.75, 3.05) is 26.1 Å². The number of amides is 1. The van der Waals surface area contributed by atoms with Crippen LogP contribution in [-0.4, -0.2) is 64.2 Å². The number of esters is 1. The first-order valence-corrected chi connectivity index (χ1v) is 11.9. The Labute approximate surface area is 195 Å². The Bertz CT molecular complexity index is 1200. The Balaban J connectivity index is 1.84. The predicted molar refractivity (Wildman–Crippen MR) is 117 cm³/mol. The first-order valence-electron chi connectivity index (χ1n) is 9.98. The minimum absolute atomic E-state index is 0.0861. The SMILES string of the molecule is Cc1ccccc1C(=O)c1cc(C(=O)CC(=O)OCCOCCC(=O)NS(C)(=O)=O)oc1C=O. The van der Waals surface area contributed by atoms with E-state index in [-0.39, 0.29) is 43.3 Å². The number of carbonyl (C=O) groups excluding carboxylic acids is 5. The van der Waals surface area contributed by atoms with E-state index in [0.717, 1.165) is 12.3 Å². The van der Waals surface area contributed by atoms with Crippen molar-refractivity contribution in [3.63, 3.8) is 0 Å². The average molecular weight is 493 g/mol. The molecular weight excluding hydrogens is 470 g/mol. The predicted octanol–water partition coefficient (Wildman–Crippen LogP) is 1.23. The molecule has 1 aromatic heterocycles. The van der Waals surface area contributed by atoms with Gasteiger partial charge in [-0.1, -0.05) is 24.3 Å². The van der Waals surface area contributed by atoms with E-state index >= 15 is 0 Å². The number of hydrogen-bond donors (Lipinski definition) is 1. The standard InChI is InChI=1S/C22H23NO10S/c1-14-5-3-4-6-15(14)22(28)16-11-18(33-19(16)13-24)17(25)12-21(27)32-10-9-31-8-7-20(26)23-34(2,29)30/h3-6,11,13H,7-10,12H2,1-2H3,(H,23,26). The number of ketones is 2. The maximum atomic E-state index is 12.8. The number of aldehydes is 1. The first-order chi connectivity index (χ1) is 16.0. The molecule has 182 valence electrons. The van der Waals surface area contributed by atoms with Gasteiger partial charge in [0, 0.05) is 5.56 Å². The Kier molecular flexibility index (Phi) is 9.39. The quantitative estimate of drug-likeness (QED) is 0.141. The molecule has 0 saturated heterocycles. The zero-order valence-electron chi connectivity index (χ0n) is 18.5. The molecule has 0 fully saturated rings. The molecule has 34 heavy (non-hydrogen) atoms. The maximum absolute atomic E-state index is 12.8. The van der Waals surface area contributed by atoms with Crippen LogP contribution >= 0.6 is 0 Å². The van der Waals surface area contributed by atoms with Crippen LogP contribution in [0.2, 0.25) is 0 Å². The van der Waals surface area contributed by atoms with E-state index in [2.05, 4.69) is 0 Å². The van der Waals surface area contributed by atoms with E-state index in [4.69, 9.17) is 13.9 Å². The number of furan rings is 1. The largest absolute Gasteiger partial charge is 0.463 e. The molecule has 1 N–H and O–H groups in total. The Morgan fingerprint density at radius 1 is 1.06 bits per heavy atom. The summed E-state index contributed by atoms with van der Waals surface area (Å²) in [5, 5.41) is 0. The highest BCUT2D eigenvalue weighted by Crippen LogP contribution is 2.21. The van der Waals surface area contributed by atoms with Gasteiger partial charge in [-0.15, -0.1) is 0 Å². The number of sulfonamides is 1. The van der Waals surface area contributed by atoms with Crippen LogP contribution < -0.4 is 4.72 Å². The van der Waals surface area contributed by atoms with Crippen LogP contribution in [0.15, 0.2) is 34.7 Å². The number of Topliss-reactive ketones (excluding diaryl/α,β-unsaturated/α-hetero) is 1. The van der Waals surface area contributed by atoms with Crippen molar-refractivity contribution in [2.45, 2.75) is 19.8 Å². The fourth-order valence-electron chi connectivity index (χ4n) is 2.79. The van der Waals surface area contributed by atoms with Gasteiger partial charge in [0.25, 0.3) is 0 Å². The third kappa shape index (κ3) is 8.05. The second kappa shape index (κ2) is 12.0. The van der Waals surface area contributed by atoms with Crippen LogP contribution in [0.4, 0.5) is 0 Å². The highest BCUT2D eigenvalue weighted by molar-refractivity contribution is 7.89. The molecule has 2 rings (SSSR count). The monoisotopic (exact) mass is 493 g/mol. The molecule has 11 nitrogen and oxygen atoms in total. The molecule has 0 aliphatic heterocycles. The number of benzene rings is 1. The van der Waals surface area contributed by atoms with E-state index in [1.54, 1.807) is 35.9 Å². The minimum Gasteiger partial charge on any atom is -0.463 e. The number of aryl methyl sites for hydroxylation is 1. The summed E-state index contributed by atoms with van der Waals surface area (Å²) in [6.45, 7) is 1.33. The van der Waals surface area contributed by atoms with E-state index in [0.29, 0.717) is 17.4 Å². The van der Waals surface area contributed by atoms with Gasteiger partial charge < -0.3 is 13.9 Å². The highest BCUT2D eigenvalue weighted by Gasteiger charge is 2.24.